The molecule has 6 aromatic rings. The molecule has 0 radical (unpaired) electrons. The number of pyridine rings is 1. The number of aryl methyl sites for hydroxylation is 2. The van der Waals surface area contributed by atoms with Crippen LogP contribution in [0, 0.1) is 24.1 Å². The highest BCUT2D eigenvalue weighted by Crippen LogP contribution is 2.42. The van der Waals surface area contributed by atoms with Crippen LogP contribution < -0.4 is 4.57 Å². The van der Waals surface area contributed by atoms with E-state index in [-0.39, 0.29) is 5.69 Å². The van der Waals surface area contributed by atoms with Crippen molar-refractivity contribution in [3.63, 3.8) is 0 Å². The van der Waals surface area contributed by atoms with Crippen molar-refractivity contribution in [2.75, 3.05) is 0 Å². The van der Waals surface area contributed by atoms with Crippen LogP contribution in [0.25, 0.3) is 55.1 Å². The van der Waals surface area contributed by atoms with Gasteiger partial charge in [-0.2, -0.15) is 9.83 Å². The molecule has 0 fully saturated rings. The molecule has 0 spiro atoms. The second-order valence-electron chi connectivity index (χ2n) is 9.18. The molecule has 0 saturated heterocycles. The van der Waals surface area contributed by atoms with Gasteiger partial charge in [-0.05, 0) is 52.9 Å². The zero-order chi connectivity index (χ0) is 31.8. The van der Waals surface area contributed by atoms with Gasteiger partial charge >= 0.3 is 0 Å². The first kappa shape index (κ1) is 16.3. The summed E-state index contributed by atoms with van der Waals surface area (Å²) in [4.78, 5) is 0. The summed E-state index contributed by atoms with van der Waals surface area (Å²) in [5.74, 6) is -4.36. The van der Waals surface area contributed by atoms with Crippen LogP contribution >= 0.6 is 0 Å². The van der Waals surface area contributed by atoms with Gasteiger partial charge in [0.2, 0.25) is 11.9 Å². The number of benzene rings is 4. The van der Waals surface area contributed by atoms with E-state index in [0.717, 1.165) is 34.2 Å². The fourth-order valence-electron chi connectivity index (χ4n) is 5.09. The largest absolute Gasteiger partial charge is 0.454 e. The average molecular weight is 493 g/mol. The van der Waals surface area contributed by atoms with Gasteiger partial charge in [-0.15, -0.1) is 0 Å². The first-order chi connectivity index (χ1) is 20.7. The highest BCUT2D eigenvalue weighted by Gasteiger charge is 2.25. The summed E-state index contributed by atoms with van der Waals surface area (Å²) in [5, 5.41) is 13.3. The van der Waals surface area contributed by atoms with Gasteiger partial charge in [0.05, 0.1) is 17.2 Å². The minimum absolute atomic E-state index is 0.249. The molecule has 3 nitrogen and oxygen atoms in total. The first-order valence-electron chi connectivity index (χ1n) is 15.3. The summed E-state index contributed by atoms with van der Waals surface area (Å²) in [6, 6.07) is 24.5. The Hall–Kier alpha value is -4.49. The molecular weight excluding hydrogens is 459 g/mol. The van der Waals surface area contributed by atoms with Gasteiger partial charge in [-0.3, -0.25) is 0 Å². The molecule has 180 valence electrons. The van der Waals surface area contributed by atoms with Crippen LogP contribution in [-0.4, -0.2) is 0 Å². The predicted octanol–water partition coefficient (Wildman–Crippen LogP) is 8.34. The van der Waals surface area contributed by atoms with E-state index in [2.05, 4.69) is 6.07 Å². The zero-order valence-electron chi connectivity index (χ0n) is 27.2. The van der Waals surface area contributed by atoms with Gasteiger partial charge in [-0.25, -0.2) is 4.39 Å². The number of hydrogen-bond acceptors (Lipinski definition) is 2. The van der Waals surface area contributed by atoms with Crippen molar-refractivity contribution in [2.45, 2.75) is 26.5 Å². The van der Waals surface area contributed by atoms with Gasteiger partial charge in [-0.1, -0.05) is 62.2 Å². The number of rotatable bonds is 3. The van der Waals surface area contributed by atoms with Crippen LogP contribution in [0.4, 0.5) is 4.39 Å². The van der Waals surface area contributed by atoms with E-state index in [9.17, 15) is 5.26 Å². The summed E-state index contributed by atoms with van der Waals surface area (Å²) in [5.41, 5.74) is 3.44. The van der Waals surface area contributed by atoms with Crippen LogP contribution in [0.3, 0.4) is 0 Å². The molecule has 37 heavy (non-hydrogen) atoms. The Balaban J connectivity index is 1.68. The molecule has 0 aliphatic rings. The minimum atomic E-state index is -3.37. The lowest BCUT2D eigenvalue weighted by molar-refractivity contribution is -0.662. The molecule has 0 aliphatic heterocycles. The predicted molar refractivity (Wildman–Crippen MR) is 147 cm³/mol. The lowest BCUT2D eigenvalue weighted by atomic mass is 9.94. The molecule has 6 rings (SSSR count). The highest BCUT2D eigenvalue weighted by molar-refractivity contribution is 6.15. The standard InChI is InChI=1S/C33H26FN2O/c1-19(2)27-16-29(36(4)18-28(27)34)30-20(3)9-13-26-31-24(17-35)12-14-25(32(31)37-33(26)30)23-11-10-21-7-5-6-8-22(21)15-23/h5-16,18-19H,1-4H3/q+1/i1D3,2D3,19D. The van der Waals surface area contributed by atoms with Crippen molar-refractivity contribution in [3.05, 3.63) is 102 Å². The van der Waals surface area contributed by atoms with Crippen LogP contribution in [0.1, 0.15) is 45.9 Å². The van der Waals surface area contributed by atoms with Gasteiger partial charge in [0, 0.05) is 37.6 Å². The van der Waals surface area contributed by atoms with Crippen molar-refractivity contribution in [1.29, 1.82) is 5.26 Å². The Bertz CT molecular complexity index is 2160. The SMILES string of the molecule is [2H]C([2H])([2H])C([2H])(c1cc(-c2c(C)ccc3c2oc2c(-c4ccc5ccccc5c4)ccc(C#N)c23)[n+](C)cc1F)C([2H])([2H])[2H]. The molecule has 4 aromatic carbocycles. The van der Waals surface area contributed by atoms with Crippen LogP contribution in [-0.2, 0) is 7.05 Å². The third-order valence-corrected chi connectivity index (χ3v) is 6.93. The number of hydrogen-bond donors (Lipinski definition) is 0. The van der Waals surface area contributed by atoms with Crippen LogP contribution in [0.2, 0.25) is 0 Å². The molecule has 0 bridgehead atoms. The van der Waals surface area contributed by atoms with Crippen LogP contribution in [0.5, 0.6) is 0 Å². The Labute approximate surface area is 224 Å². The maximum absolute atomic E-state index is 15.4. The quantitative estimate of drug-likeness (QED) is 0.233. The van der Waals surface area contributed by atoms with Crippen molar-refractivity contribution in [2.24, 2.45) is 7.05 Å². The summed E-state index contributed by atoms with van der Waals surface area (Å²) in [6.07, 6.45) is 0.980. The van der Waals surface area contributed by atoms with Gasteiger partial charge in [0.15, 0.2) is 5.82 Å². The molecule has 0 saturated carbocycles. The molecule has 0 N–H and O–H groups in total. The first-order valence-corrected chi connectivity index (χ1v) is 11.8. The number of halogens is 1. The van der Waals surface area contributed by atoms with E-state index >= 15 is 4.39 Å². The molecule has 2 heterocycles. The summed E-state index contributed by atoms with van der Waals surface area (Å²) in [7, 11) is 1.54. The fraction of sp³-hybridized carbons (Fsp3) is 0.152. The Morgan fingerprint density at radius 3 is 2.59 bits per heavy atom. The second-order valence-corrected chi connectivity index (χ2v) is 9.18. The Morgan fingerprint density at radius 2 is 1.81 bits per heavy atom. The van der Waals surface area contributed by atoms with Crippen LogP contribution in [0.15, 0.2) is 83.4 Å². The monoisotopic (exact) mass is 492 g/mol. The van der Waals surface area contributed by atoms with Crippen molar-refractivity contribution in [3.8, 4) is 28.5 Å². The van der Waals surface area contributed by atoms with E-state index in [1.165, 1.54) is 4.57 Å². The molecule has 0 atom stereocenters. The third-order valence-electron chi connectivity index (χ3n) is 6.93. The zero-order valence-corrected chi connectivity index (χ0v) is 20.2. The Kier molecular flexibility index (Phi) is 3.77. The van der Waals surface area contributed by atoms with E-state index in [1.807, 2.05) is 54.6 Å². The lowest BCUT2D eigenvalue weighted by Crippen LogP contribution is -2.32. The molecule has 2 aromatic heterocycles. The number of nitriles is 1. The van der Waals surface area contributed by atoms with E-state index in [1.54, 1.807) is 26.1 Å². The van der Waals surface area contributed by atoms with Gasteiger partial charge in [0.25, 0.3) is 0 Å². The lowest BCUT2D eigenvalue weighted by Gasteiger charge is -2.10. The molecule has 4 heteroatoms. The topological polar surface area (TPSA) is 40.8 Å². The van der Waals surface area contributed by atoms with Crippen molar-refractivity contribution >= 4 is 32.7 Å². The van der Waals surface area contributed by atoms with Gasteiger partial charge < -0.3 is 4.42 Å². The molecule has 0 amide bonds. The van der Waals surface area contributed by atoms with Crippen molar-refractivity contribution in [1.82, 2.24) is 0 Å². The number of fused-ring (bicyclic) bond motifs is 4. The summed E-state index contributed by atoms with van der Waals surface area (Å²) in [6.45, 7) is -4.94. The highest BCUT2D eigenvalue weighted by atomic mass is 19.1. The molecule has 0 aliphatic carbocycles. The fourth-order valence-corrected chi connectivity index (χ4v) is 5.09. The van der Waals surface area contributed by atoms with E-state index in [4.69, 9.17) is 14.0 Å². The number of nitrogens with zero attached hydrogens (tertiary/aromatic N) is 2. The van der Waals surface area contributed by atoms with Crippen molar-refractivity contribution < 1.29 is 23.0 Å². The smallest absolute Gasteiger partial charge is 0.216 e. The van der Waals surface area contributed by atoms with Gasteiger partial charge in [0.1, 0.15) is 18.2 Å². The van der Waals surface area contributed by atoms with E-state index in [0.29, 0.717) is 38.6 Å². The second kappa shape index (κ2) is 8.57. The number of furan rings is 1. The molecule has 0 unspecified atom stereocenters. The third kappa shape index (κ3) is 3.58. The normalized spacial score (nSPS) is 15.4. The number of aromatic nitrogens is 1. The average Bonchev–Trinajstić information content (AvgIpc) is 3.35. The Morgan fingerprint density at radius 1 is 1.00 bits per heavy atom. The summed E-state index contributed by atoms with van der Waals surface area (Å²) >= 11 is 0. The van der Waals surface area contributed by atoms with E-state index < -0.39 is 31.0 Å². The maximum atomic E-state index is 15.4. The maximum Gasteiger partial charge on any atom is 0.216 e. The molecular formula is C33H26FN2O+. The minimum Gasteiger partial charge on any atom is -0.454 e. The summed E-state index contributed by atoms with van der Waals surface area (Å²) < 4.78 is 79.5.